The third-order valence-electron chi connectivity index (χ3n) is 2.44. The topological polar surface area (TPSA) is 61.9 Å². The smallest absolute Gasteiger partial charge is 0.426 e. The molecule has 1 N–H and O–H groups in total. The second kappa shape index (κ2) is 4.79. The van der Waals surface area contributed by atoms with Gasteiger partial charge in [0.25, 0.3) is 0 Å². The van der Waals surface area contributed by atoms with Crippen LogP contribution in [0.25, 0.3) is 0 Å². The van der Waals surface area contributed by atoms with Crippen LogP contribution in [-0.2, 0) is 4.74 Å². The molecule has 0 aromatic rings. The van der Waals surface area contributed by atoms with Gasteiger partial charge in [0.2, 0.25) is 0 Å². The van der Waals surface area contributed by atoms with E-state index in [-0.39, 0.29) is 6.03 Å². The number of hydrogen-bond acceptors (Lipinski definition) is 3. The first-order valence-corrected chi connectivity index (χ1v) is 9.54. The predicted molar refractivity (Wildman–Crippen MR) is 71.5 cm³/mol. The maximum absolute atomic E-state index is 12.1. The number of nitrogens with one attached hydrogen (secondary N) is 1. The Morgan fingerprint density at radius 1 is 1.28 bits per heavy atom. The molecule has 0 radical (unpaired) electrons. The Balaban J connectivity index is 2.56. The molecule has 6 nitrogen and oxygen atoms in total. The number of hydrazine groups is 1. The van der Waals surface area contributed by atoms with Crippen LogP contribution in [0.1, 0.15) is 20.8 Å². The largest absolute Gasteiger partial charge is 0.443 e. The maximum Gasteiger partial charge on any atom is 0.426 e. The van der Waals surface area contributed by atoms with Crippen LogP contribution in [0.4, 0.5) is 9.59 Å². The fraction of sp³-hybridized carbons (Fsp3) is 0.818. The van der Waals surface area contributed by atoms with E-state index in [4.69, 9.17) is 4.74 Å². The lowest BCUT2D eigenvalue weighted by Gasteiger charge is -2.29. The van der Waals surface area contributed by atoms with Gasteiger partial charge in [0.1, 0.15) is 5.60 Å². The number of rotatable bonds is 2. The monoisotopic (exact) mass is 273 g/mol. The number of nitrogens with zero attached hydrogens (tertiary/aromatic N) is 2. The number of carbonyl (C=O) groups is 2. The second-order valence-corrected chi connectivity index (χ2v) is 11.3. The zero-order valence-electron chi connectivity index (χ0n) is 12.0. The average Bonchev–Trinajstić information content (AvgIpc) is 2.43. The number of urea groups is 1. The molecule has 3 amide bonds. The van der Waals surface area contributed by atoms with Crippen molar-refractivity contribution in [2.45, 2.75) is 46.0 Å². The van der Waals surface area contributed by atoms with E-state index in [9.17, 15) is 9.59 Å². The summed E-state index contributed by atoms with van der Waals surface area (Å²) in [5, 5.41) is 1.33. The van der Waals surface area contributed by atoms with E-state index in [2.05, 4.69) is 25.1 Å². The van der Waals surface area contributed by atoms with Gasteiger partial charge in [-0.15, -0.1) is 0 Å². The third kappa shape index (κ3) is 3.90. The van der Waals surface area contributed by atoms with Crippen molar-refractivity contribution in [3.05, 3.63) is 0 Å². The molecule has 0 aromatic heterocycles. The molecule has 7 heteroatoms. The molecule has 0 saturated carbocycles. The van der Waals surface area contributed by atoms with Crippen molar-refractivity contribution in [3.63, 3.8) is 0 Å². The molecule has 0 aromatic carbocycles. The van der Waals surface area contributed by atoms with Crippen LogP contribution in [0.3, 0.4) is 0 Å². The molecule has 1 rings (SSSR count). The minimum atomic E-state index is -1.68. The number of hydrogen-bond donors (Lipinski definition) is 1. The molecule has 18 heavy (non-hydrogen) atoms. The normalized spacial score (nSPS) is 17.1. The van der Waals surface area contributed by atoms with Crippen molar-refractivity contribution in [1.29, 1.82) is 0 Å². The van der Waals surface area contributed by atoms with E-state index in [1.807, 2.05) is 4.57 Å². The van der Waals surface area contributed by atoms with Gasteiger partial charge in [-0.2, -0.15) is 0 Å². The molecule has 1 heterocycles. The van der Waals surface area contributed by atoms with Gasteiger partial charge in [0.15, 0.2) is 8.24 Å². The Labute approximate surface area is 109 Å². The van der Waals surface area contributed by atoms with Crippen molar-refractivity contribution in [1.82, 2.24) is 15.0 Å². The highest BCUT2D eigenvalue weighted by Gasteiger charge is 2.38. The zero-order chi connectivity index (χ0) is 14.1. The van der Waals surface area contributed by atoms with Crippen molar-refractivity contribution < 1.29 is 14.3 Å². The Morgan fingerprint density at radius 2 is 1.83 bits per heavy atom. The summed E-state index contributed by atoms with van der Waals surface area (Å²) in [5.41, 5.74) is 1.93. The van der Waals surface area contributed by atoms with Crippen LogP contribution >= 0.6 is 0 Å². The predicted octanol–water partition coefficient (Wildman–Crippen LogP) is 2.00. The van der Waals surface area contributed by atoms with Crippen molar-refractivity contribution >= 4 is 20.4 Å². The van der Waals surface area contributed by atoms with Gasteiger partial charge in [-0.05, 0) is 20.8 Å². The summed E-state index contributed by atoms with van der Waals surface area (Å²) in [6.45, 7) is 12.8. The zero-order valence-corrected chi connectivity index (χ0v) is 13.0. The highest BCUT2D eigenvalue weighted by molar-refractivity contribution is 6.75. The van der Waals surface area contributed by atoms with Gasteiger partial charge in [0.05, 0.1) is 6.54 Å². The molecule has 0 unspecified atom stereocenters. The van der Waals surface area contributed by atoms with Gasteiger partial charge >= 0.3 is 12.1 Å². The number of ether oxygens (including phenoxy) is 1. The molecule has 1 fully saturated rings. The summed E-state index contributed by atoms with van der Waals surface area (Å²) in [6.07, 6.45) is -0.590. The first-order valence-electron chi connectivity index (χ1n) is 6.09. The van der Waals surface area contributed by atoms with Crippen LogP contribution < -0.4 is 5.43 Å². The molecule has 1 saturated heterocycles. The van der Waals surface area contributed by atoms with E-state index in [1.54, 1.807) is 20.8 Å². The maximum atomic E-state index is 12.1. The second-order valence-electron chi connectivity index (χ2n) is 6.37. The molecule has 1 aliphatic heterocycles. The Hall–Kier alpha value is -1.24. The first-order chi connectivity index (χ1) is 8.00. The lowest BCUT2D eigenvalue weighted by Crippen LogP contribution is -2.52. The third-order valence-corrected chi connectivity index (χ3v) is 4.48. The Morgan fingerprint density at radius 3 is 2.22 bits per heavy atom. The molecule has 0 spiro atoms. The summed E-state index contributed by atoms with van der Waals surface area (Å²) in [4.78, 5) is 23.7. The highest BCUT2D eigenvalue weighted by Crippen LogP contribution is 2.16. The van der Waals surface area contributed by atoms with Crippen LogP contribution in [0.15, 0.2) is 0 Å². The lowest BCUT2D eigenvalue weighted by molar-refractivity contribution is 0.0399. The molecular weight excluding hydrogens is 250 g/mol. The van der Waals surface area contributed by atoms with Gasteiger partial charge in [-0.1, -0.05) is 19.6 Å². The fourth-order valence-electron chi connectivity index (χ4n) is 1.67. The van der Waals surface area contributed by atoms with Crippen molar-refractivity contribution in [3.8, 4) is 0 Å². The summed E-state index contributed by atoms with van der Waals surface area (Å²) in [5.74, 6) is 0. The van der Waals surface area contributed by atoms with Crippen LogP contribution in [0.5, 0.6) is 0 Å². The minimum absolute atomic E-state index is 0.139. The highest BCUT2D eigenvalue weighted by atomic mass is 28.3. The quantitative estimate of drug-likeness (QED) is 0.783. The van der Waals surface area contributed by atoms with E-state index in [0.717, 1.165) is 0 Å². The van der Waals surface area contributed by atoms with Gasteiger partial charge in [0, 0.05) is 6.54 Å². The SMILES string of the molecule is CC(C)(C)OC(=O)NN1CCN([Si](C)(C)C)C1=O. The van der Waals surface area contributed by atoms with Crippen molar-refractivity contribution in [2.24, 2.45) is 0 Å². The molecule has 104 valence electrons. The first kappa shape index (κ1) is 14.8. The van der Waals surface area contributed by atoms with Crippen LogP contribution in [-0.4, -0.2) is 48.6 Å². The molecule has 0 bridgehead atoms. The summed E-state index contributed by atoms with van der Waals surface area (Å²) < 4.78 is 6.97. The van der Waals surface area contributed by atoms with Gasteiger partial charge in [-0.25, -0.2) is 20.0 Å². The summed E-state index contributed by atoms with van der Waals surface area (Å²) in [6, 6.07) is -0.139. The van der Waals surface area contributed by atoms with Gasteiger partial charge in [-0.3, -0.25) is 0 Å². The van der Waals surface area contributed by atoms with Gasteiger partial charge < -0.3 is 9.30 Å². The van der Waals surface area contributed by atoms with Crippen LogP contribution in [0, 0.1) is 0 Å². The fourth-order valence-corrected chi connectivity index (χ4v) is 3.14. The molecule has 1 aliphatic rings. The molecule has 0 atom stereocenters. The van der Waals surface area contributed by atoms with E-state index in [0.29, 0.717) is 13.1 Å². The lowest BCUT2D eigenvalue weighted by atomic mass is 10.2. The van der Waals surface area contributed by atoms with E-state index < -0.39 is 19.9 Å². The minimum Gasteiger partial charge on any atom is -0.443 e. The number of carbonyl (C=O) groups excluding carboxylic acids is 2. The molecule has 0 aliphatic carbocycles. The van der Waals surface area contributed by atoms with Crippen molar-refractivity contribution in [2.75, 3.05) is 13.1 Å². The van der Waals surface area contributed by atoms with E-state index in [1.165, 1.54) is 5.01 Å². The Kier molecular flexibility index (Phi) is 3.95. The summed E-state index contributed by atoms with van der Waals surface area (Å²) in [7, 11) is -1.68. The Bertz CT molecular complexity index is 346. The molecular formula is C11H23N3O3Si. The standard InChI is InChI=1S/C11H23N3O3Si/c1-11(2,3)17-9(15)12-13-7-8-14(10(13)16)18(4,5)6/h7-8H2,1-6H3,(H,12,15). The van der Waals surface area contributed by atoms with E-state index >= 15 is 0 Å². The summed E-state index contributed by atoms with van der Waals surface area (Å²) >= 11 is 0. The average molecular weight is 273 g/mol. The number of amides is 3. The van der Waals surface area contributed by atoms with Crippen LogP contribution in [0.2, 0.25) is 19.6 Å².